The van der Waals surface area contributed by atoms with Gasteiger partial charge in [0.25, 0.3) is 0 Å². The number of halogens is 2. The molecule has 1 N–H and O–H groups in total. The smallest absolute Gasteiger partial charge is 0.0527 e. The molecule has 2 atom stereocenters. The van der Waals surface area contributed by atoms with Crippen LogP contribution in [0.4, 0.5) is 0 Å². The minimum absolute atomic E-state index is 0.241. The third kappa shape index (κ3) is 4.73. The molecule has 88 valence electrons. The Hall–Kier alpha value is 0.240. The number of nitrogens with zero attached hydrogens (tertiary/aromatic N) is 1. The van der Waals surface area contributed by atoms with Crippen molar-refractivity contribution in [2.24, 2.45) is 0 Å². The highest BCUT2D eigenvalue weighted by Crippen LogP contribution is 2.22. The molecular weight excluding hydrogens is 233 g/mol. The Kier molecular flexibility index (Phi) is 5.98. The highest BCUT2D eigenvalue weighted by molar-refractivity contribution is 6.36. The number of aliphatic hydroxyl groups excluding tert-OH is 1. The summed E-state index contributed by atoms with van der Waals surface area (Å²) < 4.78 is 0. The summed E-state index contributed by atoms with van der Waals surface area (Å²) in [5.74, 6) is 0. The number of hydrogen-bond acceptors (Lipinski definition) is 2. The van der Waals surface area contributed by atoms with Gasteiger partial charge in [-0.2, -0.15) is 0 Å². The van der Waals surface area contributed by atoms with E-state index in [9.17, 15) is 5.11 Å². The molecule has 0 aliphatic carbocycles. The number of likely N-dealkylation sites (tertiary alicyclic amines) is 1. The Morgan fingerprint density at radius 1 is 1.60 bits per heavy atom. The van der Waals surface area contributed by atoms with Gasteiger partial charge in [0.2, 0.25) is 0 Å². The highest BCUT2D eigenvalue weighted by Gasteiger charge is 2.23. The number of aliphatic hydroxyl groups is 1. The second-order valence-corrected chi connectivity index (χ2v) is 4.96. The van der Waals surface area contributed by atoms with Gasteiger partial charge in [0.1, 0.15) is 0 Å². The average molecular weight is 252 g/mol. The number of piperidine rings is 1. The number of rotatable bonds is 4. The molecular formula is C11H19Cl2NO. The minimum Gasteiger partial charge on any atom is -0.393 e. The predicted octanol–water partition coefficient (Wildman–Crippen LogP) is 2.93. The second-order valence-electron chi connectivity index (χ2n) is 4.26. The summed E-state index contributed by atoms with van der Waals surface area (Å²) in [5.41, 5.74) is 1.43. The molecule has 1 saturated heterocycles. The van der Waals surface area contributed by atoms with E-state index in [0.29, 0.717) is 17.6 Å². The van der Waals surface area contributed by atoms with Crippen molar-refractivity contribution in [1.29, 1.82) is 0 Å². The normalized spacial score (nSPS) is 26.7. The van der Waals surface area contributed by atoms with E-state index in [4.69, 9.17) is 23.2 Å². The maximum atomic E-state index is 9.41. The quantitative estimate of drug-likeness (QED) is 0.831. The van der Waals surface area contributed by atoms with Crippen molar-refractivity contribution in [1.82, 2.24) is 4.90 Å². The van der Waals surface area contributed by atoms with E-state index >= 15 is 0 Å². The van der Waals surface area contributed by atoms with E-state index < -0.39 is 0 Å². The lowest BCUT2D eigenvalue weighted by Crippen LogP contribution is -2.41. The highest BCUT2D eigenvalue weighted by atomic mass is 35.5. The van der Waals surface area contributed by atoms with Gasteiger partial charge in [0, 0.05) is 23.2 Å². The molecule has 2 nitrogen and oxygen atoms in total. The summed E-state index contributed by atoms with van der Waals surface area (Å²) >= 11 is 11.5. The summed E-state index contributed by atoms with van der Waals surface area (Å²) in [4.78, 5) is 2.32. The largest absolute Gasteiger partial charge is 0.393 e. The van der Waals surface area contributed by atoms with E-state index in [-0.39, 0.29) is 6.10 Å². The Labute approximate surface area is 102 Å². The van der Waals surface area contributed by atoms with Crippen molar-refractivity contribution in [3.05, 3.63) is 10.6 Å². The third-order valence-electron chi connectivity index (χ3n) is 2.83. The van der Waals surface area contributed by atoms with Gasteiger partial charge in [-0.3, -0.25) is 4.90 Å². The molecule has 0 saturated carbocycles. The zero-order chi connectivity index (χ0) is 11.3. The second kappa shape index (κ2) is 6.74. The van der Waals surface area contributed by atoms with Gasteiger partial charge in [0.05, 0.1) is 6.10 Å². The lowest BCUT2D eigenvalue weighted by Gasteiger charge is -2.36. The molecule has 1 fully saturated rings. The van der Waals surface area contributed by atoms with Crippen LogP contribution in [0.15, 0.2) is 10.6 Å². The van der Waals surface area contributed by atoms with Crippen molar-refractivity contribution in [3.8, 4) is 0 Å². The van der Waals surface area contributed by atoms with Gasteiger partial charge in [-0.15, -0.1) is 0 Å². The van der Waals surface area contributed by atoms with Gasteiger partial charge in [-0.25, -0.2) is 0 Å². The van der Waals surface area contributed by atoms with Crippen LogP contribution in [0, 0.1) is 0 Å². The van der Waals surface area contributed by atoms with Gasteiger partial charge in [-0.05, 0) is 32.7 Å². The van der Waals surface area contributed by atoms with Gasteiger partial charge in [0.15, 0.2) is 0 Å². The molecule has 15 heavy (non-hydrogen) atoms. The van der Waals surface area contributed by atoms with E-state index in [1.54, 1.807) is 0 Å². The molecule has 0 spiro atoms. The minimum atomic E-state index is -0.241. The van der Waals surface area contributed by atoms with Gasteiger partial charge < -0.3 is 5.11 Å². The molecule has 0 amide bonds. The summed E-state index contributed by atoms with van der Waals surface area (Å²) in [5, 5.41) is 10.1. The standard InChI is InChI=1S/C11H19Cl2NO/c1-9(15)6-11-4-2-3-5-14(11)8-10(13)7-12/h7,9,11,15H,2-6,8H2,1H3. The first-order valence-electron chi connectivity index (χ1n) is 5.50. The van der Waals surface area contributed by atoms with Crippen LogP contribution in [-0.2, 0) is 0 Å². The molecule has 2 unspecified atom stereocenters. The Morgan fingerprint density at radius 3 is 2.93 bits per heavy atom. The van der Waals surface area contributed by atoms with E-state index in [1.165, 1.54) is 18.4 Å². The molecule has 0 aromatic carbocycles. The molecule has 0 bridgehead atoms. The summed E-state index contributed by atoms with van der Waals surface area (Å²) in [7, 11) is 0. The molecule has 4 heteroatoms. The van der Waals surface area contributed by atoms with Crippen LogP contribution in [-0.4, -0.2) is 35.2 Å². The molecule has 1 rings (SSSR count). The Balaban J connectivity index is 2.49. The molecule has 1 heterocycles. The van der Waals surface area contributed by atoms with Crippen molar-refractivity contribution < 1.29 is 5.11 Å². The van der Waals surface area contributed by atoms with Crippen LogP contribution >= 0.6 is 23.2 Å². The van der Waals surface area contributed by atoms with Crippen molar-refractivity contribution in [2.75, 3.05) is 13.1 Å². The fourth-order valence-electron chi connectivity index (χ4n) is 2.16. The van der Waals surface area contributed by atoms with E-state index in [1.807, 2.05) is 6.92 Å². The maximum Gasteiger partial charge on any atom is 0.0527 e. The first-order chi connectivity index (χ1) is 7.13. The van der Waals surface area contributed by atoms with Gasteiger partial charge in [-0.1, -0.05) is 29.6 Å². The average Bonchev–Trinajstić information content (AvgIpc) is 2.20. The molecule has 0 radical (unpaired) electrons. The van der Waals surface area contributed by atoms with Crippen molar-refractivity contribution >= 4 is 23.2 Å². The van der Waals surface area contributed by atoms with Crippen molar-refractivity contribution in [3.63, 3.8) is 0 Å². The first-order valence-corrected chi connectivity index (χ1v) is 6.31. The lowest BCUT2D eigenvalue weighted by molar-refractivity contribution is 0.0945. The predicted molar refractivity (Wildman–Crippen MR) is 65.3 cm³/mol. The first kappa shape index (κ1) is 13.3. The SMILES string of the molecule is CC(O)CC1CCCCN1CC(Cl)=CCl. The maximum absolute atomic E-state index is 9.41. The van der Waals surface area contributed by atoms with Crippen LogP contribution in [0.5, 0.6) is 0 Å². The van der Waals surface area contributed by atoms with E-state index in [2.05, 4.69) is 4.90 Å². The van der Waals surface area contributed by atoms with Crippen LogP contribution in [0.25, 0.3) is 0 Å². The zero-order valence-electron chi connectivity index (χ0n) is 9.13. The monoisotopic (exact) mass is 251 g/mol. The lowest BCUT2D eigenvalue weighted by atomic mass is 9.97. The molecule has 1 aliphatic heterocycles. The topological polar surface area (TPSA) is 23.5 Å². The fourth-order valence-corrected chi connectivity index (χ4v) is 2.38. The van der Waals surface area contributed by atoms with Crippen LogP contribution in [0.3, 0.4) is 0 Å². The molecule has 0 aromatic rings. The summed E-state index contributed by atoms with van der Waals surface area (Å²) in [6.07, 6.45) is 4.19. The summed E-state index contributed by atoms with van der Waals surface area (Å²) in [6, 6.07) is 0.448. The van der Waals surface area contributed by atoms with E-state index in [0.717, 1.165) is 19.4 Å². The zero-order valence-corrected chi connectivity index (χ0v) is 10.6. The summed E-state index contributed by atoms with van der Waals surface area (Å²) in [6.45, 7) is 3.60. The van der Waals surface area contributed by atoms with Crippen LogP contribution in [0.1, 0.15) is 32.6 Å². The fraction of sp³-hybridized carbons (Fsp3) is 0.818. The van der Waals surface area contributed by atoms with Crippen LogP contribution < -0.4 is 0 Å². The Bertz CT molecular complexity index is 219. The van der Waals surface area contributed by atoms with Gasteiger partial charge >= 0.3 is 0 Å². The Morgan fingerprint density at radius 2 is 2.33 bits per heavy atom. The third-order valence-corrected chi connectivity index (χ3v) is 3.44. The molecule has 0 aromatic heterocycles. The number of hydrogen-bond donors (Lipinski definition) is 1. The molecule has 1 aliphatic rings. The van der Waals surface area contributed by atoms with Crippen molar-refractivity contribution in [2.45, 2.75) is 44.8 Å². The van der Waals surface area contributed by atoms with Crippen LogP contribution in [0.2, 0.25) is 0 Å².